The van der Waals surface area contributed by atoms with E-state index in [0.717, 1.165) is 24.3 Å². The van der Waals surface area contributed by atoms with Gasteiger partial charge in [0.2, 0.25) is 0 Å². The van der Waals surface area contributed by atoms with Crippen molar-refractivity contribution in [3.8, 4) is 0 Å². The predicted octanol–water partition coefficient (Wildman–Crippen LogP) is -4.04. The van der Waals surface area contributed by atoms with Gasteiger partial charge in [-0.25, -0.2) is 26.4 Å². The fraction of sp³-hybridized carbons (Fsp3) is 0.200. The van der Waals surface area contributed by atoms with Gasteiger partial charge in [0, 0.05) is 24.5 Å². The van der Waals surface area contributed by atoms with Crippen molar-refractivity contribution in [2.75, 3.05) is 23.7 Å². The zero-order valence-corrected chi connectivity index (χ0v) is 25.7. The third-order valence-corrected chi connectivity index (χ3v) is 5.98. The number of benzene rings is 2. The van der Waals surface area contributed by atoms with Crippen LogP contribution in [0.5, 0.6) is 0 Å². The number of anilines is 2. The van der Waals surface area contributed by atoms with E-state index in [0.29, 0.717) is 13.1 Å². The van der Waals surface area contributed by atoms with Crippen LogP contribution in [0.3, 0.4) is 0 Å². The third kappa shape index (κ3) is 10.5. The molecule has 0 saturated carbocycles. The van der Waals surface area contributed by atoms with E-state index in [-0.39, 0.29) is 81.6 Å². The largest absolute Gasteiger partial charge is 1.00 e. The van der Waals surface area contributed by atoms with Gasteiger partial charge in [0.25, 0.3) is 0 Å². The minimum Gasteiger partial charge on any atom is -0.744 e. The van der Waals surface area contributed by atoms with E-state index in [1.54, 1.807) is 13.8 Å². The third-order valence-electron chi connectivity index (χ3n) is 4.20. The zero-order valence-electron chi connectivity index (χ0n) is 20.1. The van der Waals surface area contributed by atoms with Crippen molar-refractivity contribution in [1.29, 1.82) is 0 Å². The monoisotopic (exact) mass is 556 g/mol. The maximum Gasteiger partial charge on any atom is 1.00 e. The van der Waals surface area contributed by atoms with Gasteiger partial charge in [0.1, 0.15) is 20.2 Å². The number of urea groups is 2. The Hall–Kier alpha value is -1.46. The van der Waals surface area contributed by atoms with Crippen LogP contribution >= 0.6 is 0 Å². The molecule has 184 valence electrons. The van der Waals surface area contributed by atoms with E-state index in [2.05, 4.69) is 21.3 Å². The van der Waals surface area contributed by atoms with Gasteiger partial charge in [0.15, 0.2) is 0 Å². The average molecular weight is 557 g/mol. The average Bonchev–Trinajstić information content (AvgIpc) is 2.72. The quantitative estimate of drug-likeness (QED) is 0.143. The topological polar surface area (TPSA) is 197 Å². The summed E-state index contributed by atoms with van der Waals surface area (Å²) < 4.78 is 70.5. The second kappa shape index (κ2) is 15.1. The summed E-state index contributed by atoms with van der Waals surface area (Å²) in [5, 5.41) is 9.65. The standard InChI is InChI=1S/C20H24N4O8S2.2Na/c1-3-21-19(25)23-15-9-7-13(17(11-15)33(27,28)29)5-6-14-8-10-16(24-20(26)22-4-2)12-18(14)34(30,31)32;;/h5-12H,3-4H2,1-2H3,(H2,21,23,25)(H2,22,24,26)(H,27,28,29)(H,30,31,32);;/q;2*+1/p-2/b6-5+;;. The van der Waals surface area contributed by atoms with Gasteiger partial charge in [-0.05, 0) is 49.2 Å². The number of nitrogens with one attached hydrogen (secondary N) is 4. The molecule has 4 N–H and O–H groups in total. The molecule has 4 amide bonds. The summed E-state index contributed by atoms with van der Waals surface area (Å²) in [6, 6.07) is 5.86. The van der Waals surface area contributed by atoms with Gasteiger partial charge >= 0.3 is 71.2 Å². The first kappa shape index (κ1) is 34.5. The van der Waals surface area contributed by atoms with Crippen LogP contribution < -0.4 is 80.4 Å². The molecule has 2 rings (SSSR count). The van der Waals surface area contributed by atoms with Crippen molar-refractivity contribution in [2.24, 2.45) is 0 Å². The first-order chi connectivity index (χ1) is 15.8. The molecule has 0 aliphatic heterocycles. The van der Waals surface area contributed by atoms with E-state index in [1.807, 2.05) is 0 Å². The summed E-state index contributed by atoms with van der Waals surface area (Å²) in [7, 11) is -9.96. The van der Waals surface area contributed by atoms with E-state index < -0.39 is 42.1 Å². The van der Waals surface area contributed by atoms with Crippen molar-refractivity contribution in [2.45, 2.75) is 23.6 Å². The Balaban J connectivity index is 0.00000612. The van der Waals surface area contributed by atoms with Gasteiger partial charge in [-0.3, -0.25) is 0 Å². The van der Waals surface area contributed by atoms with E-state index in [4.69, 9.17) is 0 Å². The van der Waals surface area contributed by atoms with Gasteiger partial charge in [0.05, 0.1) is 9.79 Å². The normalized spacial score (nSPS) is 11.1. The fourth-order valence-corrected chi connectivity index (χ4v) is 4.18. The van der Waals surface area contributed by atoms with Crippen LogP contribution in [0.25, 0.3) is 12.2 Å². The molecule has 0 aliphatic carbocycles. The molecule has 0 atom stereocenters. The molecule has 0 radical (unpaired) electrons. The van der Waals surface area contributed by atoms with Gasteiger partial charge in [-0.15, -0.1) is 0 Å². The van der Waals surface area contributed by atoms with Gasteiger partial charge in [-0.2, -0.15) is 0 Å². The molecule has 2 aromatic carbocycles. The summed E-state index contributed by atoms with van der Waals surface area (Å²) in [6.45, 7) is 4.00. The molecular formula is C20H22N4Na2O8S2. The van der Waals surface area contributed by atoms with Crippen LogP contribution in [0.4, 0.5) is 21.0 Å². The Morgan fingerprint density at radius 1 is 0.722 bits per heavy atom. The number of rotatable bonds is 8. The number of carbonyl (C=O) groups excluding carboxylic acids is 2. The van der Waals surface area contributed by atoms with Crippen molar-refractivity contribution >= 4 is 55.8 Å². The van der Waals surface area contributed by atoms with Crippen LogP contribution in [-0.4, -0.2) is 51.1 Å². The van der Waals surface area contributed by atoms with E-state index >= 15 is 0 Å². The van der Waals surface area contributed by atoms with Crippen molar-refractivity contribution in [3.05, 3.63) is 47.5 Å². The maximum absolute atomic E-state index is 11.7. The molecule has 0 aromatic heterocycles. The first-order valence-corrected chi connectivity index (χ1v) is 12.6. The minimum atomic E-state index is -4.98. The summed E-state index contributed by atoms with van der Waals surface area (Å²) >= 11 is 0. The second-order valence-electron chi connectivity index (χ2n) is 6.72. The molecule has 12 nitrogen and oxygen atoms in total. The molecule has 0 heterocycles. The molecule has 0 unspecified atom stereocenters. The van der Waals surface area contributed by atoms with Crippen molar-refractivity contribution in [3.63, 3.8) is 0 Å². The van der Waals surface area contributed by atoms with Crippen LogP contribution in [-0.2, 0) is 20.2 Å². The Morgan fingerprint density at radius 3 is 1.33 bits per heavy atom. The van der Waals surface area contributed by atoms with Gasteiger partial charge in [-0.1, -0.05) is 24.3 Å². The fourth-order valence-electron chi connectivity index (χ4n) is 2.78. The van der Waals surface area contributed by atoms with E-state index in [1.165, 1.54) is 24.3 Å². The SMILES string of the molecule is CCNC(=O)Nc1ccc(/C=C/c2ccc(NC(=O)NCC)cc2S(=O)(=O)[O-])c(S(=O)(=O)[O-])c1.[Na+].[Na+]. The molecule has 0 aliphatic rings. The molecule has 36 heavy (non-hydrogen) atoms. The molecule has 2 aromatic rings. The smallest absolute Gasteiger partial charge is 0.744 e. The Labute approximate surface area is 253 Å². The molecular weight excluding hydrogens is 534 g/mol. The zero-order chi connectivity index (χ0) is 25.5. The number of amides is 4. The summed E-state index contributed by atoms with van der Waals surface area (Å²) in [6.07, 6.45) is 2.28. The Bertz CT molecular complexity index is 1230. The van der Waals surface area contributed by atoms with Crippen LogP contribution in [0.2, 0.25) is 0 Å². The minimum absolute atomic E-state index is 0. The van der Waals surface area contributed by atoms with Crippen molar-refractivity contribution < 1.29 is 94.6 Å². The number of hydrogen-bond donors (Lipinski definition) is 4. The van der Waals surface area contributed by atoms with Crippen LogP contribution in [0.15, 0.2) is 46.2 Å². The molecule has 0 spiro atoms. The van der Waals surface area contributed by atoms with E-state index in [9.17, 15) is 35.5 Å². The molecule has 0 bridgehead atoms. The number of hydrogen-bond acceptors (Lipinski definition) is 8. The summed E-state index contributed by atoms with van der Waals surface area (Å²) in [5.41, 5.74) is -0.118. The van der Waals surface area contributed by atoms with Gasteiger partial charge < -0.3 is 30.4 Å². The van der Waals surface area contributed by atoms with Crippen molar-refractivity contribution in [1.82, 2.24) is 10.6 Å². The molecule has 0 fully saturated rings. The summed E-state index contributed by atoms with van der Waals surface area (Å²) in [5.74, 6) is 0. The Morgan fingerprint density at radius 2 is 1.06 bits per heavy atom. The Kier molecular flexibility index (Phi) is 14.5. The molecule has 0 saturated heterocycles. The van der Waals surface area contributed by atoms with Crippen LogP contribution in [0, 0.1) is 0 Å². The first-order valence-electron chi connectivity index (χ1n) is 9.82. The maximum atomic E-state index is 11.7. The second-order valence-corrected chi connectivity index (χ2v) is 9.41. The van der Waals surface area contributed by atoms with Crippen LogP contribution in [0.1, 0.15) is 25.0 Å². The number of carbonyl (C=O) groups is 2. The predicted molar refractivity (Wildman–Crippen MR) is 123 cm³/mol. The summed E-state index contributed by atoms with van der Waals surface area (Å²) in [4.78, 5) is 22.0. The molecule has 16 heteroatoms.